The fraction of sp³-hybridized carbons (Fsp3) is 0.350. The van der Waals surface area contributed by atoms with Crippen molar-refractivity contribution in [3.8, 4) is 11.5 Å². The normalized spacial score (nSPS) is 11.0. The number of anilines is 2. The van der Waals surface area contributed by atoms with Gasteiger partial charge in [-0.2, -0.15) is 0 Å². The fourth-order valence-electron chi connectivity index (χ4n) is 2.46. The van der Waals surface area contributed by atoms with E-state index in [1.165, 1.54) is 0 Å². The van der Waals surface area contributed by atoms with Crippen LogP contribution in [0.25, 0.3) is 0 Å². The Morgan fingerprint density at radius 2 is 1.81 bits per heavy atom. The highest BCUT2D eigenvalue weighted by atomic mass is 16.5. The first kappa shape index (κ1) is 19.4. The van der Waals surface area contributed by atoms with Crippen LogP contribution in [0.2, 0.25) is 0 Å². The fourth-order valence-corrected chi connectivity index (χ4v) is 2.46. The van der Waals surface area contributed by atoms with Crippen LogP contribution in [0.5, 0.6) is 11.5 Å². The maximum absolute atomic E-state index is 5.35. The molecule has 0 fully saturated rings. The Hall–Kier alpha value is -2.89. The standard InChI is InChI=1S/C20H28N4O2/c1-6-21-20(22-14-15-8-7-9-17(12-15)24(2)3)23-16-10-11-18(25-4)19(13-16)26-5/h7-13H,6,14H2,1-5H3,(H2,21,22,23). The molecule has 2 rings (SSSR count). The van der Waals surface area contributed by atoms with Gasteiger partial charge in [-0.1, -0.05) is 12.1 Å². The van der Waals surface area contributed by atoms with Crippen molar-refractivity contribution < 1.29 is 9.47 Å². The molecule has 0 amide bonds. The highest BCUT2D eigenvalue weighted by Crippen LogP contribution is 2.29. The first-order chi connectivity index (χ1) is 12.6. The average molecular weight is 356 g/mol. The van der Waals surface area contributed by atoms with E-state index in [1.807, 2.05) is 39.2 Å². The third kappa shape index (κ3) is 5.31. The lowest BCUT2D eigenvalue weighted by Crippen LogP contribution is -2.30. The Kier molecular flexibility index (Phi) is 7.14. The van der Waals surface area contributed by atoms with Crippen LogP contribution in [0, 0.1) is 0 Å². The molecule has 0 bridgehead atoms. The lowest BCUT2D eigenvalue weighted by molar-refractivity contribution is 0.355. The molecule has 0 aliphatic rings. The van der Waals surface area contributed by atoms with E-state index >= 15 is 0 Å². The van der Waals surface area contributed by atoms with Crippen LogP contribution in [0.3, 0.4) is 0 Å². The Morgan fingerprint density at radius 3 is 2.46 bits per heavy atom. The van der Waals surface area contributed by atoms with Gasteiger partial charge in [-0.15, -0.1) is 0 Å². The van der Waals surface area contributed by atoms with E-state index in [1.54, 1.807) is 14.2 Å². The number of aliphatic imine (C=N–C) groups is 1. The maximum Gasteiger partial charge on any atom is 0.196 e. The monoisotopic (exact) mass is 356 g/mol. The van der Waals surface area contributed by atoms with E-state index in [0.717, 1.165) is 29.4 Å². The van der Waals surface area contributed by atoms with Crippen molar-refractivity contribution in [3.05, 3.63) is 48.0 Å². The highest BCUT2D eigenvalue weighted by Gasteiger charge is 2.06. The molecule has 140 valence electrons. The number of nitrogens with one attached hydrogen (secondary N) is 2. The van der Waals surface area contributed by atoms with Crippen molar-refractivity contribution in [2.75, 3.05) is 45.1 Å². The zero-order valence-electron chi connectivity index (χ0n) is 16.2. The van der Waals surface area contributed by atoms with Crippen molar-refractivity contribution in [3.63, 3.8) is 0 Å². The van der Waals surface area contributed by atoms with Crippen molar-refractivity contribution in [1.29, 1.82) is 0 Å². The molecule has 2 aromatic rings. The summed E-state index contributed by atoms with van der Waals surface area (Å²) >= 11 is 0. The summed E-state index contributed by atoms with van der Waals surface area (Å²) in [4.78, 5) is 6.76. The Morgan fingerprint density at radius 1 is 1.04 bits per heavy atom. The topological polar surface area (TPSA) is 58.1 Å². The summed E-state index contributed by atoms with van der Waals surface area (Å²) in [6.45, 7) is 3.40. The molecule has 0 aliphatic heterocycles. The van der Waals surface area contributed by atoms with Crippen LogP contribution in [0.15, 0.2) is 47.5 Å². The number of ether oxygens (including phenoxy) is 2. The van der Waals surface area contributed by atoms with Crippen LogP contribution in [-0.2, 0) is 6.54 Å². The van der Waals surface area contributed by atoms with Gasteiger partial charge in [-0.3, -0.25) is 0 Å². The zero-order chi connectivity index (χ0) is 18.9. The van der Waals surface area contributed by atoms with E-state index < -0.39 is 0 Å². The lowest BCUT2D eigenvalue weighted by Gasteiger charge is -2.15. The molecular weight excluding hydrogens is 328 g/mol. The molecule has 6 nitrogen and oxygen atoms in total. The van der Waals surface area contributed by atoms with Crippen LogP contribution >= 0.6 is 0 Å². The van der Waals surface area contributed by atoms with Crippen molar-refractivity contribution in [2.45, 2.75) is 13.5 Å². The van der Waals surface area contributed by atoms with Crippen molar-refractivity contribution >= 4 is 17.3 Å². The van der Waals surface area contributed by atoms with Gasteiger partial charge in [0.25, 0.3) is 0 Å². The van der Waals surface area contributed by atoms with E-state index in [9.17, 15) is 0 Å². The highest BCUT2D eigenvalue weighted by molar-refractivity contribution is 5.93. The van der Waals surface area contributed by atoms with Gasteiger partial charge in [0.15, 0.2) is 17.5 Å². The Labute approximate surface area is 155 Å². The SMILES string of the molecule is CCNC(=NCc1cccc(N(C)C)c1)Nc1ccc(OC)c(OC)c1. The number of nitrogens with zero attached hydrogens (tertiary/aromatic N) is 2. The molecule has 6 heteroatoms. The Balaban J connectivity index is 2.15. The van der Waals surface area contributed by atoms with Gasteiger partial charge in [0.2, 0.25) is 0 Å². The molecule has 0 aliphatic carbocycles. The molecule has 0 saturated heterocycles. The van der Waals surface area contributed by atoms with E-state index in [-0.39, 0.29) is 0 Å². The number of rotatable bonds is 7. The van der Waals surface area contributed by atoms with Gasteiger partial charge < -0.3 is 25.0 Å². The number of hydrogen-bond acceptors (Lipinski definition) is 4. The van der Waals surface area contributed by atoms with Gasteiger partial charge in [-0.05, 0) is 36.8 Å². The number of benzene rings is 2. The van der Waals surface area contributed by atoms with E-state index in [0.29, 0.717) is 18.0 Å². The summed E-state index contributed by atoms with van der Waals surface area (Å²) in [5, 5.41) is 6.57. The molecule has 0 aromatic heterocycles. The van der Waals surface area contributed by atoms with Crippen molar-refractivity contribution in [2.24, 2.45) is 4.99 Å². The predicted octanol–water partition coefficient (Wildman–Crippen LogP) is 3.35. The molecule has 2 N–H and O–H groups in total. The van der Waals surface area contributed by atoms with Crippen molar-refractivity contribution in [1.82, 2.24) is 5.32 Å². The minimum absolute atomic E-state index is 0.588. The summed E-state index contributed by atoms with van der Waals surface area (Å²) in [5.74, 6) is 2.09. The van der Waals surface area contributed by atoms with E-state index in [2.05, 4.69) is 44.8 Å². The quantitative estimate of drug-likeness (QED) is 0.589. The second-order valence-corrected chi connectivity index (χ2v) is 5.95. The second kappa shape index (κ2) is 9.56. The van der Waals surface area contributed by atoms with Crippen LogP contribution in [0.4, 0.5) is 11.4 Å². The zero-order valence-corrected chi connectivity index (χ0v) is 16.2. The number of hydrogen-bond donors (Lipinski definition) is 2. The summed E-state index contributed by atoms with van der Waals surface area (Å²) in [7, 11) is 7.31. The van der Waals surface area contributed by atoms with Gasteiger partial charge in [0.1, 0.15) is 0 Å². The maximum atomic E-state index is 5.35. The van der Waals surface area contributed by atoms with E-state index in [4.69, 9.17) is 9.47 Å². The number of methoxy groups -OCH3 is 2. The van der Waals surface area contributed by atoms with Gasteiger partial charge in [0.05, 0.1) is 20.8 Å². The largest absolute Gasteiger partial charge is 0.493 e. The third-order valence-electron chi connectivity index (χ3n) is 3.84. The Bertz CT molecular complexity index is 744. The molecule has 0 radical (unpaired) electrons. The number of guanidine groups is 1. The molecular formula is C20H28N4O2. The molecule has 0 saturated carbocycles. The second-order valence-electron chi connectivity index (χ2n) is 5.95. The lowest BCUT2D eigenvalue weighted by atomic mass is 10.2. The molecule has 2 aromatic carbocycles. The van der Waals surface area contributed by atoms with Gasteiger partial charge in [0, 0.05) is 38.1 Å². The van der Waals surface area contributed by atoms with Gasteiger partial charge >= 0.3 is 0 Å². The molecule has 26 heavy (non-hydrogen) atoms. The summed E-state index contributed by atoms with van der Waals surface area (Å²) in [6.07, 6.45) is 0. The smallest absolute Gasteiger partial charge is 0.196 e. The minimum atomic E-state index is 0.588. The molecule has 0 heterocycles. The van der Waals surface area contributed by atoms with Crippen LogP contribution < -0.4 is 25.0 Å². The van der Waals surface area contributed by atoms with Gasteiger partial charge in [-0.25, -0.2) is 4.99 Å². The molecule has 0 spiro atoms. The first-order valence-electron chi connectivity index (χ1n) is 8.61. The molecule has 0 atom stereocenters. The van der Waals surface area contributed by atoms with Crippen LogP contribution in [-0.4, -0.2) is 40.8 Å². The van der Waals surface area contributed by atoms with Crippen LogP contribution in [0.1, 0.15) is 12.5 Å². The summed E-state index contributed by atoms with van der Waals surface area (Å²) < 4.78 is 10.6. The average Bonchev–Trinajstić information content (AvgIpc) is 2.66. The minimum Gasteiger partial charge on any atom is -0.493 e. The predicted molar refractivity (Wildman–Crippen MR) is 109 cm³/mol. The molecule has 0 unspecified atom stereocenters. The summed E-state index contributed by atoms with van der Waals surface area (Å²) in [6, 6.07) is 14.0. The third-order valence-corrected chi connectivity index (χ3v) is 3.84. The summed E-state index contributed by atoms with van der Waals surface area (Å²) in [5.41, 5.74) is 3.20. The first-order valence-corrected chi connectivity index (χ1v) is 8.61.